The van der Waals surface area contributed by atoms with Gasteiger partial charge in [-0.2, -0.15) is 0 Å². The van der Waals surface area contributed by atoms with Gasteiger partial charge in [0, 0.05) is 12.2 Å². The fourth-order valence-electron chi connectivity index (χ4n) is 1.19. The van der Waals surface area contributed by atoms with Crippen LogP contribution < -0.4 is 4.72 Å². The van der Waals surface area contributed by atoms with Crippen LogP contribution in [0.1, 0.15) is 18.4 Å². The van der Waals surface area contributed by atoms with Gasteiger partial charge in [-0.05, 0) is 12.0 Å². The predicted octanol–water partition coefficient (Wildman–Crippen LogP) is 1.97. The second kappa shape index (κ2) is 7.93. The third-order valence-electron chi connectivity index (χ3n) is 1.96. The molecular formula is C12H15NO2S. The second-order valence-corrected chi connectivity index (χ2v) is 4.25. The number of aldehydes is 1. The largest absolute Gasteiger partial charge is 0.303 e. The topological polar surface area (TPSA) is 46.2 Å². The van der Waals surface area contributed by atoms with Crippen molar-refractivity contribution in [1.29, 1.82) is 0 Å². The van der Waals surface area contributed by atoms with Crippen molar-refractivity contribution in [3.8, 4) is 0 Å². The molecule has 0 atom stereocenters. The average molecular weight is 237 g/mol. The van der Waals surface area contributed by atoms with Crippen LogP contribution >= 0.6 is 11.9 Å². The molecule has 0 aromatic heterocycles. The molecule has 0 bridgehead atoms. The number of rotatable bonds is 7. The van der Waals surface area contributed by atoms with E-state index in [9.17, 15) is 9.59 Å². The zero-order valence-corrected chi connectivity index (χ0v) is 9.83. The Labute approximate surface area is 99.8 Å². The summed E-state index contributed by atoms with van der Waals surface area (Å²) in [6.07, 6.45) is 2.66. The van der Waals surface area contributed by atoms with Crippen LogP contribution in [0.15, 0.2) is 30.3 Å². The first-order valence-corrected chi connectivity index (χ1v) is 6.19. The third kappa shape index (κ3) is 5.56. The van der Waals surface area contributed by atoms with Crippen molar-refractivity contribution in [1.82, 2.24) is 4.72 Å². The zero-order chi connectivity index (χ0) is 11.6. The molecule has 0 spiro atoms. The molecule has 1 N–H and O–H groups in total. The lowest BCUT2D eigenvalue weighted by atomic mass is 10.1. The van der Waals surface area contributed by atoms with E-state index in [4.69, 9.17) is 0 Å². The van der Waals surface area contributed by atoms with Gasteiger partial charge < -0.3 is 4.79 Å². The summed E-state index contributed by atoms with van der Waals surface area (Å²) >= 11 is 1.36. The normalized spacial score (nSPS) is 9.75. The Kier molecular flexibility index (Phi) is 6.33. The monoisotopic (exact) mass is 237 g/mol. The maximum atomic E-state index is 11.4. The Bertz CT molecular complexity index is 327. The van der Waals surface area contributed by atoms with E-state index >= 15 is 0 Å². The number of benzene rings is 1. The van der Waals surface area contributed by atoms with Gasteiger partial charge in [0.25, 0.3) is 0 Å². The van der Waals surface area contributed by atoms with Gasteiger partial charge in [0.05, 0.1) is 6.42 Å². The Morgan fingerprint density at radius 2 is 2.06 bits per heavy atom. The van der Waals surface area contributed by atoms with E-state index in [1.54, 1.807) is 0 Å². The molecule has 0 radical (unpaired) electrons. The Balaban J connectivity index is 2.14. The Hall–Kier alpha value is -1.29. The number of nitrogens with one attached hydrogen (secondary N) is 1. The number of unbranched alkanes of at least 4 members (excludes halogenated alkanes) is 1. The number of carbonyl (C=O) groups is 2. The van der Waals surface area contributed by atoms with Gasteiger partial charge in [-0.25, -0.2) is 0 Å². The molecule has 0 fully saturated rings. The van der Waals surface area contributed by atoms with Crippen LogP contribution in [0, 0.1) is 0 Å². The van der Waals surface area contributed by atoms with Gasteiger partial charge >= 0.3 is 0 Å². The molecule has 4 heteroatoms. The van der Waals surface area contributed by atoms with E-state index in [0.29, 0.717) is 12.8 Å². The molecule has 0 saturated carbocycles. The van der Waals surface area contributed by atoms with Crippen LogP contribution in [0.25, 0.3) is 0 Å². The molecule has 0 aliphatic carbocycles. The average Bonchev–Trinajstić information content (AvgIpc) is 2.30. The van der Waals surface area contributed by atoms with Gasteiger partial charge in [0.15, 0.2) is 0 Å². The minimum absolute atomic E-state index is 0.00213. The molecule has 0 saturated heterocycles. The van der Waals surface area contributed by atoms with Gasteiger partial charge in [-0.1, -0.05) is 42.3 Å². The van der Waals surface area contributed by atoms with Crippen molar-refractivity contribution in [2.75, 3.05) is 5.75 Å². The van der Waals surface area contributed by atoms with Crippen LogP contribution in [0.5, 0.6) is 0 Å². The van der Waals surface area contributed by atoms with Gasteiger partial charge in [-0.15, -0.1) is 0 Å². The number of carbonyl (C=O) groups excluding carboxylic acids is 2. The van der Waals surface area contributed by atoms with Crippen molar-refractivity contribution in [3.63, 3.8) is 0 Å². The molecule has 0 aliphatic rings. The summed E-state index contributed by atoms with van der Waals surface area (Å²) in [4.78, 5) is 21.5. The summed E-state index contributed by atoms with van der Waals surface area (Å²) in [5.74, 6) is 0.779. The lowest BCUT2D eigenvalue weighted by molar-refractivity contribution is -0.118. The molecule has 1 amide bonds. The molecule has 1 aromatic rings. The van der Waals surface area contributed by atoms with E-state index in [1.807, 2.05) is 30.3 Å². The maximum Gasteiger partial charge on any atom is 0.234 e. The van der Waals surface area contributed by atoms with E-state index in [0.717, 1.165) is 24.0 Å². The summed E-state index contributed by atoms with van der Waals surface area (Å²) in [6.45, 7) is 0. The van der Waals surface area contributed by atoms with Crippen molar-refractivity contribution < 1.29 is 9.59 Å². The first-order valence-electron chi connectivity index (χ1n) is 5.21. The van der Waals surface area contributed by atoms with Crippen molar-refractivity contribution in [3.05, 3.63) is 35.9 Å². The molecule has 0 heterocycles. The molecule has 86 valence electrons. The van der Waals surface area contributed by atoms with Crippen LogP contribution in [0.4, 0.5) is 0 Å². The third-order valence-corrected chi connectivity index (χ3v) is 2.83. The van der Waals surface area contributed by atoms with Crippen molar-refractivity contribution in [2.24, 2.45) is 0 Å². The Morgan fingerprint density at radius 1 is 1.31 bits per heavy atom. The highest BCUT2D eigenvalue weighted by Gasteiger charge is 2.01. The smallest absolute Gasteiger partial charge is 0.234 e. The summed E-state index contributed by atoms with van der Waals surface area (Å²) in [5, 5.41) is 0. The highest BCUT2D eigenvalue weighted by molar-refractivity contribution is 7.97. The molecule has 0 aliphatic heterocycles. The van der Waals surface area contributed by atoms with Crippen LogP contribution in [0.2, 0.25) is 0 Å². The standard InChI is InChI=1S/C12H15NO2S/c14-8-4-5-9-16-13-12(15)10-11-6-2-1-3-7-11/h1-3,6-8H,4-5,9-10H2,(H,13,15). The highest BCUT2D eigenvalue weighted by Crippen LogP contribution is 2.02. The molecule has 1 rings (SSSR count). The summed E-state index contributed by atoms with van der Waals surface area (Å²) in [6, 6.07) is 9.61. The Morgan fingerprint density at radius 3 is 2.75 bits per heavy atom. The van der Waals surface area contributed by atoms with Crippen LogP contribution in [0.3, 0.4) is 0 Å². The zero-order valence-electron chi connectivity index (χ0n) is 9.02. The quantitative estimate of drug-likeness (QED) is 0.448. The molecule has 16 heavy (non-hydrogen) atoms. The van der Waals surface area contributed by atoms with E-state index in [1.165, 1.54) is 11.9 Å². The minimum atomic E-state index is 0.00213. The second-order valence-electron chi connectivity index (χ2n) is 3.34. The fraction of sp³-hybridized carbons (Fsp3) is 0.333. The number of hydrogen-bond donors (Lipinski definition) is 1. The number of hydrogen-bond acceptors (Lipinski definition) is 3. The highest BCUT2D eigenvalue weighted by atomic mass is 32.2. The molecular weight excluding hydrogens is 222 g/mol. The predicted molar refractivity (Wildman–Crippen MR) is 66.0 cm³/mol. The summed E-state index contributed by atoms with van der Waals surface area (Å²) < 4.78 is 2.75. The van der Waals surface area contributed by atoms with Gasteiger partial charge in [0.2, 0.25) is 5.91 Å². The summed E-state index contributed by atoms with van der Waals surface area (Å²) in [7, 11) is 0. The van der Waals surface area contributed by atoms with E-state index in [2.05, 4.69) is 4.72 Å². The lowest BCUT2D eigenvalue weighted by Gasteiger charge is -2.03. The van der Waals surface area contributed by atoms with Crippen LogP contribution in [-0.4, -0.2) is 17.9 Å². The first-order chi connectivity index (χ1) is 7.83. The number of amides is 1. The fourth-order valence-corrected chi connectivity index (χ4v) is 1.83. The summed E-state index contributed by atoms with van der Waals surface area (Å²) in [5.41, 5.74) is 1.01. The maximum absolute atomic E-state index is 11.4. The van der Waals surface area contributed by atoms with E-state index in [-0.39, 0.29) is 5.91 Å². The van der Waals surface area contributed by atoms with Crippen LogP contribution in [-0.2, 0) is 16.0 Å². The van der Waals surface area contributed by atoms with Crippen molar-refractivity contribution in [2.45, 2.75) is 19.3 Å². The van der Waals surface area contributed by atoms with E-state index < -0.39 is 0 Å². The van der Waals surface area contributed by atoms with Gasteiger partial charge in [0.1, 0.15) is 6.29 Å². The molecule has 1 aromatic carbocycles. The lowest BCUT2D eigenvalue weighted by Crippen LogP contribution is -2.18. The molecule has 0 unspecified atom stereocenters. The van der Waals surface area contributed by atoms with Crippen molar-refractivity contribution >= 4 is 24.1 Å². The van der Waals surface area contributed by atoms with Gasteiger partial charge in [-0.3, -0.25) is 9.52 Å². The minimum Gasteiger partial charge on any atom is -0.303 e. The SMILES string of the molecule is O=CCCCSNC(=O)Cc1ccccc1. The first kappa shape index (κ1) is 12.8. The molecule has 3 nitrogen and oxygen atoms in total.